The molecule has 0 spiro atoms. The zero-order valence-corrected chi connectivity index (χ0v) is 13.6. The molecule has 0 aliphatic heterocycles. The SMILES string of the molecule is FC(F)(F)c1ccccc1-c1nc2c(c(Nc3ncn[nH]3)n1)CCCC2. The van der Waals surface area contributed by atoms with Gasteiger partial charge in [0.25, 0.3) is 0 Å². The van der Waals surface area contributed by atoms with Crippen molar-refractivity contribution in [1.29, 1.82) is 0 Å². The number of hydrogen-bond acceptors (Lipinski definition) is 5. The number of rotatable bonds is 3. The first-order chi connectivity index (χ1) is 12.5. The van der Waals surface area contributed by atoms with Gasteiger partial charge in [-0.2, -0.15) is 23.3 Å². The Balaban J connectivity index is 1.86. The van der Waals surface area contributed by atoms with Crippen LogP contribution >= 0.6 is 0 Å². The van der Waals surface area contributed by atoms with Crippen LogP contribution in [0.15, 0.2) is 30.6 Å². The van der Waals surface area contributed by atoms with Crippen molar-refractivity contribution >= 4 is 11.8 Å². The van der Waals surface area contributed by atoms with E-state index in [4.69, 9.17) is 0 Å². The van der Waals surface area contributed by atoms with Gasteiger partial charge in [-0.05, 0) is 31.7 Å². The van der Waals surface area contributed by atoms with Crippen molar-refractivity contribution in [2.45, 2.75) is 31.9 Å². The van der Waals surface area contributed by atoms with E-state index in [1.165, 1.54) is 18.5 Å². The van der Waals surface area contributed by atoms with Crippen LogP contribution in [0.3, 0.4) is 0 Å². The van der Waals surface area contributed by atoms with Gasteiger partial charge in [0, 0.05) is 16.8 Å². The number of aryl methyl sites for hydroxylation is 1. The van der Waals surface area contributed by atoms with Crippen LogP contribution in [-0.2, 0) is 19.0 Å². The molecule has 26 heavy (non-hydrogen) atoms. The van der Waals surface area contributed by atoms with Crippen LogP contribution in [0.1, 0.15) is 29.7 Å². The average Bonchev–Trinajstić information content (AvgIpc) is 3.14. The highest BCUT2D eigenvalue weighted by molar-refractivity contribution is 5.66. The minimum Gasteiger partial charge on any atom is -0.309 e. The molecule has 2 aromatic heterocycles. The summed E-state index contributed by atoms with van der Waals surface area (Å²) < 4.78 is 40.2. The lowest BCUT2D eigenvalue weighted by Crippen LogP contribution is -2.14. The molecule has 0 fully saturated rings. The summed E-state index contributed by atoms with van der Waals surface area (Å²) in [5.74, 6) is 0.908. The third-order valence-electron chi connectivity index (χ3n) is 4.31. The summed E-state index contributed by atoms with van der Waals surface area (Å²) in [7, 11) is 0. The highest BCUT2D eigenvalue weighted by Gasteiger charge is 2.34. The van der Waals surface area contributed by atoms with Gasteiger partial charge in [0.15, 0.2) is 5.82 Å². The number of halogens is 3. The maximum absolute atomic E-state index is 13.4. The molecule has 1 aliphatic rings. The van der Waals surface area contributed by atoms with Crippen molar-refractivity contribution in [1.82, 2.24) is 25.1 Å². The number of nitrogens with zero attached hydrogens (tertiary/aromatic N) is 4. The molecule has 0 saturated carbocycles. The fraction of sp³-hybridized carbons (Fsp3) is 0.294. The van der Waals surface area contributed by atoms with Crippen molar-refractivity contribution in [2.75, 3.05) is 5.32 Å². The lowest BCUT2D eigenvalue weighted by molar-refractivity contribution is -0.137. The van der Waals surface area contributed by atoms with Crippen LogP contribution in [-0.4, -0.2) is 25.1 Å². The standard InChI is InChI=1S/C17H15F3N6/c18-17(19,20)12-7-3-1-5-10(12)14-23-13-8-4-2-6-11(13)15(24-14)25-16-21-9-22-26-16/h1,3,5,7,9H,2,4,6,8H2,(H2,21,22,23,24,25,26). The summed E-state index contributed by atoms with van der Waals surface area (Å²) in [5, 5.41) is 9.46. The van der Waals surface area contributed by atoms with Crippen LogP contribution in [0, 0.1) is 0 Å². The third kappa shape index (κ3) is 3.12. The van der Waals surface area contributed by atoms with Crippen LogP contribution in [0.25, 0.3) is 11.4 Å². The van der Waals surface area contributed by atoms with E-state index in [0.717, 1.165) is 36.6 Å². The van der Waals surface area contributed by atoms with Crippen LogP contribution in [0.2, 0.25) is 0 Å². The average molecular weight is 360 g/mol. The number of H-pyrrole nitrogens is 1. The van der Waals surface area contributed by atoms with Gasteiger partial charge in [0.2, 0.25) is 5.95 Å². The van der Waals surface area contributed by atoms with Crippen molar-refractivity contribution < 1.29 is 13.2 Å². The van der Waals surface area contributed by atoms with Crippen LogP contribution in [0.5, 0.6) is 0 Å². The summed E-state index contributed by atoms with van der Waals surface area (Å²) in [6.45, 7) is 0. The maximum atomic E-state index is 13.4. The minimum absolute atomic E-state index is 0.0333. The van der Waals surface area contributed by atoms with Crippen LogP contribution in [0.4, 0.5) is 24.9 Å². The zero-order chi connectivity index (χ0) is 18.1. The molecule has 134 valence electrons. The molecule has 4 rings (SSSR count). The second kappa shape index (κ2) is 6.40. The Morgan fingerprint density at radius 2 is 1.85 bits per heavy atom. The van der Waals surface area contributed by atoms with Crippen molar-refractivity contribution in [3.05, 3.63) is 47.4 Å². The first-order valence-corrected chi connectivity index (χ1v) is 8.21. The second-order valence-corrected chi connectivity index (χ2v) is 6.03. The number of hydrogen-bond donors (Lipinski definition) is 2. The van der Waals surface area contributed by atoms with Crippen molar-refractivity contribution in [2.24, 2.45) is 0 Å². The van der Waals surface area contributed by atoms with Gasteiger partial charge in [0.05, 0.1) is 5.56 Å². The van der Waals surface area contributed by atoms with E-state index in [-0.39, 0.29) is 11.4 Å². The van der Waals surface area contributed by atoms with Gasteiger partial charge >= 0.3 is 6.18 Å². The molecule has 9 heteroatoms. The fourth-order valence-corrected chi connectivity index (χ4v) is 3.12. The highest BCUT2D eigenvalue weighted by atomic mass is 19.4. The van der Waals surface area contributed by atoms with Crippen LogP contribution < -0.4 is 5.32 Å². The first-order valence-electron chi connectivity index (χ1n) is 8.21. The summed E-state index contributed by atoms with van der Waals surface area (Å²) in [4.78, 5) is 12.8. The molecule has 6 nitrogen and oxygen atoms in total. The molecule has 2 heterocycles. The Hall–Kier alpha value is -2.97. The molecule has 0 amide bonds. The van der Waals surface area contributed by atoms with Gasteiger partial charge in [-0.1, -0.05) is 18.2 Å². The number of fused-ring (bicyclic) bond motifs is 1. The number of aromatic nitrogens is 5. The molecule has 0 unspecified atom stereocenters. The predicted octanol–water partition coefficient (Wildman–Crippen LogP) is 3.90. The quantitative estimate of drug-likeness (QED) is 0.740. The number of anilines is 2. The highest BCUT2D eigenvalue weighted by Crippen LogP contribution is 2.37. The number of benzene rings is 1. The molecule has 3 aromatic rings. The molecule has 0 saturated heterocycles. The molecule has 0 bridgehead atoms. The van der Waals surface area contributed by atoms with Crippen molar-refractivity contribution in [3.63, 3.8) is 0 Å². The monoisotopic (exact) mass is 360 g/mol. The first kappa shape index (κ1) is 16.5. The molecule has 1 aromatic carbocycles. The van der Waals surface area contributed by atoms with Crippen molar-refractivity contribution in [3.8, 4) is 11.4 Å². The summed E-state index contributed by atoms with van der Waals surface area (Å²) >= 11 is 0. The Morgan fingerprint density at radius 1 is 1.04 bits per heavy atom. The maximum Gasteiger partial charge on any atom is 0.417 e. The summed E-state index contributed by atoms with van der Waals surface area (Å²) in [6, 6.07) is 5.35. The van der Waals surface area contributed by atoms with Gasteiger partial charge < -0.3 is 5.32 Å². The number of alkyl halides is 3. The van der Waals surface area contributed by atoms with E-state index in [1.54, 1.807) is 6.07 Å². The topological polar surface area (TPSA) is 79.4 Å². The second-order valence-electron chi connectivity index (χ2n) is 6.03. The predicted molar refractivity (Wildman–Crippen MR) is 88.8 cm³/mol. The van der Waals surface area contributed by atoms with E-state index in [1.807, 2.05) is 0 Å². The largest absolute Gasteiger partial charge is 0.417 e. The number of aromatic amines is 1. The zero-order valence-electron chi connectivity index (χ0n) is 13.6. The molecule has 2 N–H and O–H groups in total. The Kier molecular flexibility index (Phi) is 4.06. The molecule has 1 aliphatic carbocycles. The normalized spacial score (nSPS) is 14.1. The third-order valence-corrected chi connectivity index (χ3v) is 4.31. The Labute approximate surface area is 146 Å². The fourth-order valence-electron chi connectivity index (χ4n) is 3.12. The van der Waals surface area contributed by atoms with Gasteiger partial charge in [0.1, 0.15) is 12.1 Å². The van der Waals surface area contributed by atoms with Gasteiger partial charge in [-0.3, -0.25) is 0 Å². The molecule has 0 atom stereocenters. The summed E-state index contributed by atoms with van der Waals surface area (Å²) in [6.07, 6.45) is 0.285. The van der Waals surface area contributed by atoms with Gasteiger partial charge in [-0.25, -0.2) is 15.1 Å². The van der Waals surface area contributed by atoms with E-state index < -0.39 is 11.7 Å². The minimum atomic E-state index is -4.48. The smallest absolute Gasteiger partial charge is 0.309 e. The number of nitrogens with one attached hydrogen (secondary N) is 2. The molecular weight excluding hydrogens is 345 g/mol. The van der Waals surface area contributed by atoms with E-state index in [9.17, 15) is 13.2 Å². The Morgan fingerprint density at radius 3 is 2.62 bits per heavy atom. The lowest BCUT2D eigenvalue weighted by atomic mass is 9.96. The lowest BCUT2D eigenvalue weighted by Gasteiger charge is -2.20. The summed E-state index contributed by atoms with van der Waals surface area (Å²) in [5.41, 5.74) is 0.913. The van der Waals surface area contributed by atoms with E-state index in [2.05, 4.69) is 30.5 Å². The molecule has 0 radical (unpaired) electrons. The Bertz CT molecular complexity index is 921. The van der Waals surface area contributed by atoms with E-state index >= 15 is 0 Å². The molecular formula is C17H15F3N6. The van der Waals surface area contributed by atoms with Gasteiger partial charge in [-0.15, -0.1) is 0 Å². The van der Waals surface area contributed by atoms with E-state index in [0.29, 0.717) is 18.2 Å².